The summed E-state index contributed by atoms with van der Waals surface area (Å²) in [5.41, 5.74) is 12.8. The molecule has 1 N–H and O–H groups in total. The summed E-state index contributed by atoms with van der Waals surface area (Å²) in [7, 11) is 0. The number of pyridine rings is 1. The molecule has 2 heterocycles. The molecule has 0 unspecified atom stereocenters. The number of benzene rings is 6. The molecule has 4 nitrogen and oxygen atoms in total. The Hall–Kier alpha value is -6.26. The van der Waals surface area contributed by atoms with Gasteiger partial charge in [-0.15, -0.1) is 0 Å². The zero-order valence-corrected chi connectivity index (χ0v) is 33.3. The number of aromatic nitrogens is 3. The van der Waals surface area contributed by atoms with Crippen molar-refractivity contribution in [2.45, 2.75) is 66.2 Å². The van der Waals surface area contributed by atoms with Gasteiger partial charge in [0.05, 0.1) is 34.8 Å². The van der Waals surface area contributed by atoms with E-state index in [0.717, 1.165) is 61.2 Å². The zero-order chi connectivity index (χ0) is 43.7. The van der Waals surface area contributed by atoms with Crippen molar-refractivity contribution < 1.29 is 12.0 Å². The van der Waals surface area contributed by atoms with Crippen LogP contribution in [-0.2, 0) is 10.8 Å². The van der Waals surface area contributed by atoms with Crippen molar-refractivity contribution in [3.63, 3.8) is 0 Å². The van der Waals surface area contributed by atoms with Crippen molar-refractivity contribution in [1.29, 1.82) is 0 Å². The lowest BCUT2D eigenvalue weighted by molar-refractivity contribution is 0.472. The SMILES string of the molecule is [2H]c1c([2H])c([2H])c(-c2ccnc(-c3cc(-c4cccc5c4nc(-c4cc(C)cc(C)c4O)n5-c4ccc(C(C)(C)C)cc4-c4ccccc4)cc(C(C)(C)C)c3)c2)c([2H])c1[2H]. The summed E-state index contributed by atoms with van der Waals surface area (Å²) < 4.78 is 44.2. The predicted molar refractivity (Wildman–Crippen MR) is 235 cm³/mol. The average molecular weight is 737 g/mol. The molecule has 8 aromatic rings. The Bertz CT molecular complexity index is 3000. The second-order valence-electron chi connectivity index (χ2n) is 16.7. The lowest BCUT2D eigenvalue weighted by atomic mass is 9.83. The van der Waals surface area contributed by atoms with E-state index in [1.54, 1.807) is 18.3 Å². The van der Waals surface area contributed by atoms with Crippen LogP contribution in [0.4, 0.5) is 0 Å². The fraction of sp³-hybridized carbons (Fsp3) is 0.192. The first-order valence-corrected chi connectivity index (χ1v) is 19.1. The molecule has 0 bridgehead atoms. The van der Waals surface area contributed by atoms with Crippen molar-refractivity contribution >= 4 is 11.0 Å². The van der Waals surface area contributed by atoms with Crippen molar-refractivity contribution in [2.24, 2.45) is 0 Å². The summed E-state index contributed by atoms with van der Waals surface area (Å²) in [6, 6.07) is 35.4. The third-order valence-corrected chi connectivity index (χ3v) is 10.5. The van der Waals surface area contributed by atoms with Crippen molar-refractivity contribution in [1.82, 2.24) is 14.5 Å². The first kappa shape index (κ1) is 31.0. The fourth-order valence-corrected chi connectivity index (χ4v) is 7.44. The van der Waals surface area contributed by atoms with Gasteiger partial charge in [0.15, 0.2) is 0 Å². The van der Waals surface area contributed by atoms with E-state index < -0.39 is 6.04 Å². The highest BCUT2D eigenvalue weighted by Crippen LogP contribution is 2.43. The summed E-state index contributed by atoms with van der Waals surface area (Å²) in [5, 5.41) is 11.8. The van der Waals surface area contributed by atoms with Gasteiger partial charge in [-0.2, -0.15) is 0 Å². The Kier molecular flexibility index (Phi) is 7.81. The molecule has 0 aliphatic rings. The van der Waals surface area contributed by atoms with Gasteiger partial charge in [0, 0.05) is 22.9 Å². The quantitative estimate of drug-likeness (QED) is 0.185. The monoisotopic (exact) mass is 736 g/mol. The topological polar surface area (TPSA) is 50.9 Å². The van der Waals surface area contributed by atoms with E-state index >= 15 is 0 Å². The molecule has 8 rings (SSSR count). The third kappa shape index (κ3) is 6.92. The number of rotatable bonds is 6. The largest absolute Gasteiger partial charge is 0.507 e. The summed E-state index contributed by atoms with van der Waals surface area (Å²) in [6.07, 6.45) is 1.62. The lowest BCUT2D eigenvalue weighted by Crippen LogP contribution is -2.12. The number of nitrogens with zero attached hydrogens (tertiary/aromatic N) is 3. The van der Waals surface area contributed by atoms with Crippen LogP contribution in [0.1, 0.15) is 70.7 Å². The van der Waals surface area contributed by atoms with E-state index in [4.69, 9.17) is 16.8 Å². The first-order chi connectivity index (χ1) is 28.8. The van der Waals surface area contributed by atoms with Crippen molar-refractivity contribution in [2.75, 3.05) is 0 Å². The van der Waals surface area contributed by atoms with Crippen molar-refractivity contribution in [3.8, 4) is 67.5 Å². The van der Waals surface area contributed by atoms with Gasteiger partial charge in [-0.3, -0.25) is 9.55 Å². The maximum atomic E-state index is 11.8. The summed E-state index contributed by atoms with van der Waals surface area (Å²) in [4.78, 5) is 10.2. The molecule has 0 amide bonds. The van der Waals surface area contributed by atoms with E-state index in [9.17, 15) is 5.11 Å². The maximum Gasteiger partial charge on any atom is 0.149 e. The molecule has 0 saturated carbocycles. The van der Waals surface area contributed by atoms with Crippen LogP contribution >= 0.6 is 0 Å². The predicted octanol–water partition coefficient (Wildman–Crippen LogP) is 13.7. The van der Waals surface area contributed by atoms with Crippen LogP contribution in [0.2, 0.25) is 0 Å². The molecule has 2 aromatic heterocycles. The Morgan fingerprint density at radius 3 is 2.05 bits per heavy atom. The smallest absolute Gasteiger partial charge is 0.149 e. The van der Waals surface area contributed by atoms with E-state index in [-0.39, 0.29) is 46.3 Å². The number of aryl methyl sites for hydroxylation is 2. The summed E-state index contributed by atoms with van der Waals surface area (Å²) in [6.45, 7) is 17.1. The summed E-state index contributed by atoms with van der Waals surface area (Å²) in [5.74, 6) is 0.797. The Morgan fingerprint density at radius 1 is 0.589 bits per heavy atom. The van der Waals surface area contributed by atoms with Crippen LogP contribution in [0.25, 0.3) is 72.7 Å². The minimum atomic E-state index is -0.429. The van der Waals surface area contributed by atoms with Gasteiger partial charge in [-0.25, -0.2) is 4.98 Å². The van der Waals surface area contributed by atoms with Crippen LogP contribution in [0.5, 0.6) is 5.75 Å². The van der Waals surface area contributed by atoms with Gasteiger partial charge in [0.1, 0.15) is 11.6 Å². The lowest BCUT2D eigenvalue weighted by Gasteiger charge is -2.23. The van der Waals surface area contributed by atoms with Crippen LogP contribution in [-0.4, -0.2) is 19.6 Å². The molecule has 0 spiro atoms. The van der Waals surface area contributed by atoms with Crippen LogP contribution in [0, 0.1) is 13.8 Å². The summed E-state index contributed by atoms with van der Waals surface area (Å²) >= 11 is 0. The van der Waals surface area contributed by atoms with E-state index in [2.05, 4.69) is 119 Å². The number of aromatic hydroxyl groups is 1. The van der Waals surface area contributed by atoms with Crippen LogP contribution in [0.15, 0.2) is 146 Å². The van der Waals surface area contributed by atoms with Crippen LogP contribution < -0.4 is 0 Å². The number of fused-ring (bicyclic) bond motifs is 1. The normalized spacial score (nSPS) is 13.2. The van der Waals surface area contributed by atoms with Crippen LogP contribution in [0.3, 0.4) is 0 Å². The second kappa shape index (κ2) is 14.1. The number of phenolic OH excluding ortho intramolecular Hbond substituents is 1. The molecule has 0 aliphatic heterocycles. The highest BCUT2D eigenvalue weighted by molar-refractivity contribution is 5.98. The second-order valence-corrected chi connectivity index (χ2v) is 16.7. The molecule has 6 aromatic carbocycles. The molecular weight excluding hydrogens is 683 g/mol. The average Bonchev–Trinajstić information content (AvgIpc) is 3.62. The standard InChI is InChI=1S/C52H49N3O/c1-33-26-34(2)49(56)44(27-33)50-54-48-42(20-15-21-47(48)55(50)46-23-22-40(51(3,4)5)32-43(46)36-18-13-10-14-19-36)38-28-39(30-41(29-38)52(6,7)8)45-31-37(24-25-53-45)35-16-11-9-12-17-35/h9-32,56H,1-8H3/i9D,11D,12D,16D,17D. The van der Waals surface area contributed by atoms with E-state index in [0.29, 0.717) is 22.6 Å². The molecule has 56 heavy (non-hydrogen) atoms. The highest BCUT2D eigenvalue weighted by Gasteiger charge is 2.25. The Balaban J connectivity index is 1.41. The minimum absolute atomic E-state index is 0.0974. The van der Waals surface area contributed by atoms with Gasteiger partial charge in [0.25, 0.3) is 0 Å². The minimum Gasteiger partial charge on any atom is -0.507 e. The van der Waals surface area contributed by atoms with Gasteiger partial charge >= 0.3 is 0 Å². The molecule has 0 fully saturated rings. The molecule has 4 heteroatoms. The molecule has 0 radical (unpaired) electrons. The van der Waals surface area contributed by atoms with Gasteiger partial charge in [-0.05, 0) is 118 Å². The van der Waals surface area contributed by atoms with Gasteiger partial charge < -0.3 is 5.11 Å². The molecule has 0 atom stereocenters. The number of phenols is 1. The number of hydrogen-bond donors (Lipinski definition) is 1. The molecule has 278 valence electrons. The number of para-hydroxylation sites is 1. The molecular formula is C52H49N3O. The Labute approximate surface area is 338 Å². The number of imidazole rings is 1. The maximum absolute atomic E-state index is 11.8. The highest BCUT2D eigenvalue weighted by atomic mass is 16.3. The molecule has 0 saturated heterocycles. The van der Waals surface area contributed by atoms with Gasteiger partial charge in [-0.1, -0.05) is 132 Å². The first-order valence-electron chi connectivity index (χ1n) is 21.6. The Morgan fingerprint density at radius 2 is 1.32 bits per heavy atom. The fourth-order valence-electron chi connectivity index (χ4n) is 7.44. The molecule has 0 aliphatic carbocycles. The van der Waals surface area contributed by atoms with Gasteiger partial charge in [0.2, 0.25) is 0 Å². The van der Waals surface area contributed by atoms with Crippen molar-refractivity contribution in [3.05, 3.63) is 168 Å². The number of hydrogen-bond acceptors (Lipinski definition) is 3. The van der Waals surface area contributed by atoms with E-state index in [1.165, 1.54) is 5.56 Å². The zero-order valence-electron chi connectivity index (χ0n) is 38.3. The van der Waals surface area contributed by atoms with E-state index in [1.807, 2.05) is 38.1 Å². The third-order valence-electron chi connectivity index (χ3n) is 10.5.